The summed E-state index contributed by atoms with van der Waals surface area (Å²) in [4.78, 5) is 10.6. The number of hydrogen-bond acceptors (Lipinski definition) is 2. The molecule has 5 heteroatoms. The van der Waals surface area contributed by atoms with Gasteiger partial charge in [-0.05, 0) is 12.0 Å². The fourth-order valence-electron chi connectivity index (χ4n) is 1.44. The number of aliphatic carboxylic acids is 1. The Morgan fingerprint density at radius 1 is 1.24 bits per heavy atom. The smallest absolute Gasteiger partial charge is 0.306 e. The van der Waals surface area contributed by atoms with Crippen LogP contribution in [0.1, 0.15) is 37.0 Å². The highest BCUT2D eigenvalue weighted by atomic mass is 19.3. The largest absolute Gasteiger partial charge is 0.481 e. The third-order valence-electron chi connectivity index (χ3n) is 2.57. The molecule has 0 aliphatic carbocycles. The molecular formula is C12H14F2O3. The molecule has 0 fully saturated rings. The zero-order chi connectivity index (χ0) is 13.0. The summed E-state index contributed by atoms with van der Waals surface area (Å²) in [5.41, 5.74) is 0.328. The van der Waals surface area contributed by atoms with Crippen molar-refractivity contribution in [3.05, 3.63) is 35.4 Å². The van der Waals surface area contributed by atoms with Gasteiger partial charge in [0.25, 0.3) is 6.43 Å². The molecule has 0 spiro atoms. The molecule has 2 unspecified atom stereocenters. The SMILES string of the molecule is CC(CC(O)c1ccc(C(F)F)cc1)C(=O)O. The highest BCUT2D eigenvalue weighted by Gasteiger charge is 2.18. The van der Waals surface area contributed by atoms with Gasteiger partial charge in [0.05, 0.1) is 12.0 Å². The molecular weight excluding hydrogens is 230 g/mol. The Bertz CT molecular complexity index is 376. The molecule has 17 heavy (non-hydrogen) atoms. The van der Waals surface area contributed by atoms with E-state index in [1.165, 1.54) is 31.2 Å². The molecule has 0 radical (unpaired) electrons. The minimum Gasteiger partial charge on any atom is -0.481 e. The second-order valence-electron chi connectivity index (χ2n) is 3.96. The second-order valence-corrected chi connectivity index (χ2v) is 3.96. The van der Waals surface area contributed by atoms with Crippen LogP contribution in [0.3, 0.4) is 0 Å². The van der Waals surface area contributed by atoms with Crippen LogP contribution in [0, 0.1) is 5.92 Å². The number of benzene rings is 1. The Morgan fingerprint density at radius 2 is 1.71 bits per heavy atom. The van der Waals surface area contributed by atoms with Crippen molar-refractivity contribution in [3.63, 3.8) is 0 Å². The molecule has 3 nitrogen and oxygen atoms in total. The van der Waals surface area contributed by atoms with E-state index in [9.17, 15) is 18.7 Å². The summed E-state index contributed by atoms with van der Waals surface area (Å²) in [7, 11) is 0. The standard InChI is InChI=1S/C12H14F2O3/c1-7(12(16)17)6-10(15)8-2-4-9(5-3-8)11(13)14/h2-5,7,10-11,15H,6H2,1H3,(H,16,17). The molecule has 0 saturated heterocycles. The Morgan fingerprint density at radius 3 is 2.12 bits per heavy atom. The molecule has 0 bridgehead atoms. The number of halogens is 2. The van der Waals surface area contributed by atoms with Crippen LogP contribution in [0.2, 0.25) is 0 Å². The van der Waals surface area contributed by atoms with Gasteiger partial charge in [-0.15, -0.1) is 0 Å². The highest BCUT2D eigenvalue weighted by Crippen LogP contribution is 2.24. The van der Waals surface area contributed by atoms with Gasteiger partial charge in [0.2, 0.25) is 0 Å². The lowest BCUT2D eigenvalue weighted by molar-refractivity contribution is -0.142. The lowest BCUT2D eigenvalue weighted by Gasteiger charge is -2.14. The van der Waals surface area contributed by atoms with Crippen LogP contribution in [-0.4, -0.2) is 16.2 Å². The Labute approximate surface area is 97.7 Å². The van der Waals surface area contributed by atoms with Gasteiger partial charge >= 0.3 is 5.97 Å². The van der Waals surface area contributed by atoms with Gasteiger partial charge in [-0.1, -0.05) is 31.2 Å². The summed E-state index contributed by atoms with van der Waals surface area (Å²) in [5, 5.41) is 18.4. The molecule has 0 heterocycles. The molecule has 1 aromatic rings. The Hall–Kier alpha value is -1.49. The van der Waals surface area contributed by atoms with Crippen LogP contribution in [0.4, 0.5) is 8.78 Å². The van der Waals surface area contributed by atoms with Gasteiger partial charge in [0, 0.05) is 5.56 Å². The molecule has 2 atom stereocenters. The van der Waals surface area contributed by atoms with E-state index in [1.807, 2.05) is 0 Å². The maximum Gasteiger partial charge on any atom is 0.306 e. The van der Waals surface area contributed by atoms with E-state index in [4.69, 9.17) is 5.11 Å². The zero-order valence-corrected chi connectivity index (χ0v) is 9.31. The summed E-state index contributed by atoms with van der Waals surface area (Å²) in [5.74, 6) is -1.67. The van der Waals surface area contributed by atoms with Crippen molar-refractivity contribution in [2.24, 2.45) is 5.92 Å². The van der Waals surface area contributed by atoms with Crippen LogP contribution in [0.25, 0.3) is 0 Å². The Balaban J connectivity index is 2.69. The van der Waals surface area contributed by atoms with Gasteiger partial charge < -0.3 is 10.2 Å². The molecule has 0 aromatic heterocycles. The minimum atomic E-state index is -2.54. The first-order valence-corrected chi connectivity index (χ1v) is 5.20. The molecule has 1 rings (SSSR count). The monoisotopic (exact) mass is 244 g/mol. The number of aliphatic hydroxyl groups excluding tert-OH is 1. The minimum absolute atomic E-state index is 0.0589. The van der Waals surface area contributed by atoms with Crippen LogP contribution in [-0.2, 0) is 4.79 Å². The number of rotatable bonds is 5. The first-order valence-electron chi connectivity index (χ1n) is 5.20. The summed E-state index contributed by atoms with van der Waals surface area (Å²) < 4.78 is 24.6. The average Bonchev–Trinajstić information content (AvgIpc) is 2.28. The normalized spacial score (nSPS) is 14.6. The van der Waals surface area contributed by atoms with E-state index < -0.39 is 24.4 Å². The first kappa shape index (κ1) is 13.6. The van der Waals surface area contributed by atoms with Crippen LogP contribution >= 0.6 is 0 Å². The highest BCUT2D eigenvalue weighted by molar-refractivity contribution is 5.69. The molecule has 0 aliphatic heterocycles. The molecule has 0 aliphatic rings. The predicted octanol–water partition coefficient (Wildman–Crippen LogP) is 2.77. The fourth-order valence-corrected chi connectivity index (χ4v) is 1.44. The van der Waals surface area contributed by atoms with Gasteiger partial charge in [0.15, 0.2) is 0 Å². The van der Waals surface area contributed by atoms with Gasteiger partial charge in [0.1, 0.15) is 0 Å². The third kappa shape index (κ3) is 3.78. The second kappa shape index (κ2) is 5.72. The van der Waals surface area contributed by atoms with Gasteiger partial charge in [-0.3, -0.25) is 4.79 Å². The lowest BCUT2D eigenvalue weighted by atomic mass is 9.98. The predicted molar refractivity (Wildman–Crippen MR) is 57.8 cm³/mol. The molecule has 0 saturated carbocycles. The molecule has 1 aromatic carbocycles. The van der Waals surface area contributed by atoms with Crippen molar-refractivity contribution < 1.29 is 23.8 Å². The van der Waals surface area contributed by atoms with E-state index in [1.54, 1.807) is 0 Å². The summed E-state index contributed by atoms with van der Waals surface area (Å²) in [6.45, 7) is 1.49. The van der Waals surface area contributed by atoms with Crippen LogP contribution in [0.5, 0.6) is 0 Å². The van der Waals surface area contributed by atoms with E-state index in [0.717, 1.165) is 0 Å². The van der Waals surface area contributed by atoms with E-state index in [0.29, 0.717) is 5.56 Å². The number of carboxylic acid groups (broad SMARTS) is 1. The van der Waals surface area contributed by atoms with Gasteiger partial charge in [-0.25, -0.2) is 8.78 Å². The Kier molecular flexibility index (Phi) is 4.57. The summed E-state index contributed by atoms with van der Waals surface area (Å²) >= 11 is 0. The quantitative estimate of drug-likeness (QED) is 0.837. The lowest BCUT2D eigenvalue weighted by Crippen LogP contribution is -2.13. The number of alkyl halides is 2. The van der Waals surface area contributed by atoms with E-state index in [2.05, 4.69) is 0 Å². The summed E-state index contributed by atoms with van der Waals surface area (Å²) in [6.07, 6.45) is -3.43. The summed E-state index contributed by atoms with van der Waals surface area (Å²) in [6, 6.07) is 5.24. The topological polar surface area (TPSA) is 57.5 Å². The maximum atomic E-state index is 12.3. The third-order valence-corrected chi connectivity index (χ3v) is 2.57. The van der Waals surface area contributed by atoms with Crippen molar-refractivity contribution in [1.29, 1.82) is 0 Å². The van der Waals surface area contributed by atoms with Crippen molar-refractivity contribution in [1.82, 2.24) is 0 Å². The average molecular weight is 244 g/mol. The zero-order valence-electron chi connectivity index (χ0n) is 9.31. The number of carboxylic acids is 1. The number of aliphatic hydroxyl groups is 1. The molecule has 2 N–H and O–H groups in total. The maximum absolute atomic E-state index is 12.3. The van der Waals surface area contributed by atoms with Crippen molar-refractivity contribution in [3.8, 4) is 0 Å². The first-order chi connectivity index (χ1) is 7.91. The van der Waals surface area contributed by atoms with Crippen LogP contribution < -0.4 is 0 Å². The van der Waals surface area contributed by atoms with E-state index >= 15 is 0 Å². The molecule has 0 amide bonds. The van der Waals surface area contributed by atoms with E-state index in [-0.39, 0.29) is 12.0 Å². The van der Waals surface area contributed by atoms with Crippen molar-refractivity contribution in [2.75, 3.05) is 0 Å². The van der Waals surface area contributed by atoms with Crippen LogP contribution in [0.15, 0.2) is 24.3 Å². The molecule has 94 valence electrons. The number of hydrogen-bond donors (Lipinski definition) is 2. The van der Waals surface area contributed by atoms with Crippen molar-refractivity contribution >= 4 is 5.97 Å². The van der Waals surface area contributed by atoms with Crippen molar-refractivity contribution in [2.45, 2.75) is 25.9 Å². The fraction of sp³-hybridized carbons (Fsp3) is 0.417. The van der Waals surface area contributed by atoms with Gasteiger partial charge in [-0.2, -0.15) is 0 Å². The number of carbonyl (C=O) groups is 1.